The summed E-state index contributed by atoms with van der Waals surface area (Å²) < 4.78 is 16.8. The van der Waals surface area contributed by atoms with Crippen molar-refractivity contribution in [1.29, 1.82) is 5.26 Å². The number of benzene rings is 2. The first-order valence-electron chi connectivity index (χ1n) is 10.1. The molecule has 1 spiro atoms. The highest BCUT2D eigenvalue weighted by Gasteiger charge is 2.45. The highest BCUT2D eigenvalue weighted by Crippen LogP contribution is 2.48. The summed E-state index contributed by atoms with van der Waals surface area (Å²) in [7, 11) is 3.44. The molecule has 4 rings (SSSR count). The van der Waals surface area contributed by atoms with Gasteiger partial charge in [-0.1, -0.05) is 18.2 Å². The van der Waals surface area contributed by atoms with E-state index in [1.165, 1.54) is 5.56 Å². The van der Waals surface area contributed by atoms with Crippen LogP contribution in [-0.2, 0) is 17.8 Å². The van der Waals surface area contributed by atoms with Crippen molar-refractivity contribution >= 4 is 5.71 Å². The number of ether oxygens (including phenoxy) is 3. The third-order valence-electron chi connectivity index (χ3n) is 6.32. The summed E-state index contributed by atoms with van der Waals surface area (Å²) in [4.78, 5) is 4.28. The molecule has 0 aliphatic heterocycles. The predicted octanol–water partition coefficient (Wildman–Crippen LogP) is 4.68. The molecule has 2 aliphatic rings. The Bertz CT molecular complexity index is 936. The SMILES string of the molecule is COc1ccc(COc2ccc3c(c2)C(=NC#N)C2(CCC(OC)CC2)C3)cc1. The molecule has 0 atom stereocenters. The molecule has 5 heteroatoms. The molecular weight excluding hydrogens is 364 g/mol. The number of hydrogen-bond donors (Lipinski definition) is 0. The maximum absolute atomic E-state index is 9.32. The predicted molar refractivity (Wildman–Crippen MR) is 111 cm³/mol. The van der Waals surface area contributed by atoms with Gasteiger partial charge in [-0.25, -0.2) is 0 Å². The first kappa shape index (κ1) is 19.5. The van der Waals surface area contributed by atoms with Gasteiger partial charge in [0.1, 0.15) is 18.1 Å². The van der Waals surface area contributed by atoms with Crippen LogP contribution in [0.15, 0.2) is 47.5 Å². The number of methoxy groups -OCH3 is 2. The molecule has 2 aliphatic carbocycles. The van der Waals surface area contributed by atoms with Crippen molar-refractivity contribution in [2.24, 2.45) is 10.4 Å². The number of nitriles is 1. The maximum Gasteiger partial charge on any atom is 0.205 e. The van der Waals surface area contributed by atoms with Gasteiger partial charge in [-0.2, -0.15) is 10.3 Å². The highest BCUT2D eigenvalue weighted by molar-refractivity contribution is 6.09. The van der Waals surface area contributed by atoms with Crippen LogP contribution in [0.5, 0.6) is 11.5 Å². The van der Waals surface area contributed by atoms with E-state index in [1.54, 1.807) is 14.2 Å². The van der Waals surface area contributed by atoms with Gasteiger partial charge in [0.25, 0.3) is 0 Å². The zero-order valence-electron chi connectivity index (χ0n) is 17.0. The van der Waals surface area contributed by atoms with Crippen LogP contribution in [0, 0.1) is 16.9 Å². The largest absolute Gasteiger partial charge is 0.497 e. The lowest BCUT2D eigenvalue weighted by Crippen LogP contribution is -2.35. The van der Waals surface area contributed by atoms with Gasteiger partial charge in [-0.3, -0.25) is 0 Å². The maximum atomic E-state index is 9.32. The van der Waals surface area contributed by atoms with Crippen LogP contribution in [-0.4, -0.2) is 26.0 Å². The number of hydrogen-bond acceptors (Lipinski definition) is 5. The summed E-state index contributed by atoms with van der Waals surface area (Å²) in [5, 5.41) is 9.32. The van der Waals surface area contributed by atoms with E-state index < -0.39 is 0 Å². The second-order valence-electron chi connectivity index (χ2n) is 7.91. The van der Waals surface area contributed by atoms with Crippen LogP contribution in [0.2, 0.25) is 0 Å². The Labute approximate surface area is 171 Å². The molecule has 2 aromatic rings. The molecule has 5 nitrogen and oxygen atoms in total. The third-order valence-corrected chi connectivity index (χ3v) is 6.32. The Kier molecular flexibility index (Phi) is 5.55. The molecule has 0 aromatic heterocycles. The van der Waals surface area contributed by atoms with Crippen LogP contribution in [0.25, 0.3) is 0 Å². The first-order valence-corrected chi connectivity index (χ1v) is 10.1. The fourth-order valence-corrected chi connectivity index (χ4v) is 4.66. The Morgan fingerprint density at radius 2 is 1.79 bits per heavy atom. The number of nitrogens with zero attached hydrogens (tertiary/aromatic N) is 2. The van der Waals surface area contributed by atoms with Gasteiger partial charge in [0.2, 0.25) is 6.19 Å². The Hall–Kier alpha value is -2.84. The normalized spacial score (nSPS) is 24.3. The third kappa shape index (κ3) is 3.86. The van der Waals surface area contributed by atoms with Crippen molar-refractivity contribution in [3.8, 4) is 17.7 Å². The molecule has 0 heterocycles. The molecule has 0 bridgehead atoms. The second-order valence-corrected chi connectivity index (χ2v) is 7.91. The zero-order chi connectivity index (χ0) is 20.3. The van der Waals surface area contributed by atoms with Crippen LogP contribution < -0.4 is 9.47 Å². The van der Waals surface area contributed by atoms with E-state index in [1.807, 2.05) is 42.6 Å². The monoisotopic (exact) mass is 390 g/mol. The Morgan fingerprint density at radius 1 is 1.07 bits per heavy atom. The minimum Gasteiger partial charge on any atom is -0.497 e. The van der Waals surface area contributed by atoms with E-state index in [4.69, 9.17) is 14.2 Å². The summed E-state index contributed by atoms with van der Waals surface area (Å²) in [6, 6.07) is 14.1. The average molecular weight is 390 g/mol. The number of fused-ring (bicyclic) bond motifs is 1. The van der Waals surface area contributed by atoms with Gasteiger partial charge in [0.15, 0.2) is 0 Å². The average Bonchev–Trinajstić information content (AvgIpc) is 3.06. The molecule has 2 aromatic carbocycles. The van der Waals surface area contributed by atoms with Gasteiger partial charge in [0, 0.05) is 18.1 Å². The minimum atomic E-state index is -0.0400. The van der Waals surface area contributed by atoms with E-state index in [-0.39, 0.29) is 5.41 Å². The molecule has 0 N–H and O–H groups in total. The lowest BCUT2D eigenvalue weighted by Gasteiger charge is -2.36. The topological polar surface area (TPSA) is 63.8 Å². The molecule has 29 heavy (non-hydrogen) atoms. The molecule has 0 radical (unpaired) electrons. The molecule has 0 amide bonds. The molecule has 150 valence electrons. The second kappa shape index (κ2) is 8.26. The number of aliphatic imine (C=N–C) groups is 1. The van der Waals surface area contributed by atoms with E-state index in [0.29, 0.717) is 12.7 Å². The summed E-state index contributed by atoms with van der Waals surface area (Å²) in [5.74, 6) is 1.63. The fraction of sp³-hybridized carbons (Fsp3) is 0.417. The summed E-state index contributed by atoms with van der Waals surface area (Å²) >= 11 is 0. The lowest BCUT2D eigenvalue weighted by molar-refractivity contribution is 0.0468. The van der Waals surface area contributed by atoms with Crippen LogP contribution in [0.3, 0.4) is 0 Å². The summed E-state index contributed by atoms with van der Waals surface area (Å²) in [6.45, 7) is 0.480. The van der Waals surface area contributed by atoms with Crippen LogP contribution >= 0.6 is 0 Å². The Morgan fingerprint density at radius 3 is 2.45 bits per heavy atom. The minimum absolute atomic E-state index is 0.0400. The van der Waals surface area contributed by atoms with E-state index in [9.17, 15) is 5.26 Å². The zero-order valence-corrected chi connectivity index (χ0v) is 17.0. The highest BCUT2D eigenvalue weighted by atomic mass is 16.5. The van der Waals surface area contributed by atoms with Crippen molar-refractivity contribution in [2.75, 3.05) is 14.2 Å². The van der Waals surface area contributed by atoms with Crippen molar-refractivity contribution in [1.82, 2.24) is 0 Å². The van der Waals surface area contributed by atoms with E-state index in [0.717, 1.165) is 60.4 Å². The van der Waals surface area contributed by atoms with Crippen molar-refractivity contribution in [2.45, 2.75) is 44.8 Å². The summed E-state index contributed by atoms with van der Waals surface area (Å²) in [5.41, 5.74) is 4.29. The molecule has 1 fully saturated rings. The number of rotatable bonds is 5. The van der Waals surface area contributed by atoms with E-state index in [2.05, 4.69) is 11.1 Å². The summed E-state index contributed by atoms with van der Waals surface area (Å²) in [6.07, 6.45) is 7.32. The smallest absolute Gasteiger partial charge is 0.205 e. The first-order chi connectivity index (χ1) is 14.2. The van der Waals surface area contributed by atoms with Gasteiger partial charge < -0.3 is 14.2 Å². The van der Waals surface area contributed by atoms with Crippen LogP contribution in [0.1, 0.15) is 42.4 Å². The van der Waals surface area contributed by atoms with Gasteiger partial charge >= 0.3 is 0 Å². The Balaban J connectivity index is 1.53. The molecule has 0 saturated heterocycles. The molecule has 1 saturated carbocycles. The molecule has 0 unspecified atom stereocenters. The fourth-order valence-electron chi connectivity index (χ4n) is 4.66. The molecular formula is C24H26N2O3. The van der Waals surface area contributed by atoms with E-state index >= 15 is 0 Å². The van der Waals surface area contributed by atoms with Crippen LogP contribution in [0.4, 0.5) is 0 Å². The standard InChI is InChI=1S/C24H26N2O3/c1-27-19-6-3-17(4-7-19)15-29-21-8-5-18-14-24(11-9-20(28-2)10-12-24)23(26-16-25)22(18)13-21/h3-8,13,20H,9-12,14-15H2,1-2H3. The van der Waals surface area contributed by atoms with Gasteiger partial charge in [-0.15, -0.1) is 0 Å². The van der Waals surface area contributed by atoms with Gasteiger partial charge in [0.05, 0.1) is 18.9 Å². The van der Waals surface area contributed by atoms with Crippen molar-refractivity contribution in [3.05, 3.63) is 59.2 Å². The lowest BCUT2D eigenvalue weighted by atomic mass is 9.70. The van der Waals surface area contributed by atoms with Gasteiger partial charge in [-0.05, 0) is 67.5 Å². The van der Waals surface area contributed by atoms with Crippen molar-refractivity contribution < 1.29 is 14.2 Å². The quantitative estimate of drug-likeness (QED) is 0.696. The van der Waals surface area contributed by atoms with Crippen molar-refractivity contribution in [3.63, 3.8) is 0 Å².